The average Bonchev–Trinajstić information content (AvgIpc) is 3.21. The van der Waals surface area contributed by atoms with Gasteiger partial charge in [-0.15, -0.1) is 0 Å². The molecule has 0 unspecified atom stereocenters. The van der Waals surface area contributed by atoms with Crippen molar-refractivity contribution in [3.63, 3.8) is 0 Å². The van der Waals surface area contributed by atoms with Crippen molar-refractivity contribution in [3.8, 4) is 11.3 Å². The average molecular weight is 416 g/mol. The van der Waals surface area contributed by atoms with Gasteiger partial charge in [-0.1, -0.05) is 0 Å². The van der Waals surface area contributed by atoms with Crippen molar-refractivity contribution in [2.75, 3.05) is 43.4 Å². The fraction of sp³-hybridized carbons (Fsp3) is 0.261. The number of aromatic amines is 1. The summed E-state index contributed by atoms with van der Waals surface area (Å²) in [7, 11) is 4.03. The van der Waals surface area contributed by atoms with Crippen molar-refractivity contribution in [3.05, 3.63) is 65.3 Å². The van der Waals surface area contributed by atoms with E-state index in [-0.39, 0.29) is 5.56 Å². The van der Waals surface area contributed by atoms with Crippen molar-refractivity contribution in [1.29, 1.82) is 0 Å². The van der Waals surface area contributed by atoms with Gasteiger partial charge < -0.3 is 20.1 Å². The maximum atomic E-state index is 12.6. The van der Waals surface area contributed by atoms with Gasteiger partial charge in [-0.05, 0) is 48.8 Å². The van der Waals surface area contributed by atoms with E-state index in [9.17, 15) is 4.79 Å². The molecule has 1 aliphatic rings. The maximum absolute atomic E-state index is 12.6. The Morgan fingerprint density at radius 3 is 2.52 bits per heavy atom. The van der Waals surface area contributed by atoms with Crippen LogP contribution in [0.1, 0.15) is 0 Å². The number of rotatable bonds is 4. The summed E-state index contributed by atoms with van der Waals surface area (Å²) < 4.78 is 1.74. The summed E-state index contributed by atoms with van der Waals surface area (Å²) in [6.45, 7) is 4.19. The number of H-pyrrole nitrogens is 1. The molecule has 1 aromatic carbocycles. The largest absolute Gasteiger partial charge is 0.369 e. The highest BCUT2D eigenvalue weighted by atomic mass is 16.1. The predicted octanol–water partition coefficient (Wildman–Crippen LogP) is 2.82. The lowest BCUT2D eigenvalue weighted by Crippen LogP contribution is -2.44. The molecule has 1 saturated heterocycles. The second kappa shape index (κ2) is 7.88. The number of pyridine rings is 2. The molecule has 1 fully saturated rings. The van der Waals surface area contributed by atoms with Crippen LogP contribution >= 0.6 is 0 Å². The summed E-state index contributed by atoms with van der Waals surface area (Å²) in [6, 6.07) is 12.1. The number of aromatic nitrogens is 4. The first-order valence-electron chi connectivity index (χ1n) is 10.4. The zero-order valence-electron chi connectivity index (χ0n) is 17.7. The van der Waals surface area contributed by atoms with Crippen molar-refractivity contribution >= 4 is 28.0 Å². The number of piperazine rings is 1. The zero-order chi connectivity index (χ0) is 21.4. The highest BCUT2D eigenvalue weighted by Gasteiger charge is 2.15. The smallest absolute Gasteiger partial charge is 0.259 e. The number of fused-ring (bicyclic) bond motifs is 1. The molecule has 0 aliphatic carbocycles. The van der Waals surface area contributed by atoms with E-state index in [4.69, 9.17) is 4.98 Å². The van der Waals surface area contributed by atoms with Crippen LogP contribution in [0.5, 0.6) is 0 Å². The van der Waals surface area contributed by atoms with Crippen LogP contribution in [-0.2, 0) is 7.05 Å². The zero-order valence-corrected chi connectivity index (χ0v) is 17.7. The van der Waals surface area contributed by atoms with E-state index < -0.39 is 0 Å². The summed E-state index contributed by atoms with van der Waals surface area (Å²) in [5, 5.41) is 8.97. The van der Waals surface area contributed by atoms with E-state index in [1.165, 1.54) is 5.69 Å². The van der Waals surface area contributed by atoms with Crippen molar-refractivity contribution < 1.29 is 0 Å². The van der Waals surface area contributed by atoms with E-state index in [0.717, 1.165) is 48.5 Å². The minimum atomic E-state index is -0.167. The number of likely N-dealkylation sites (N-methyl/N-ethyl adjacent to an activating group) is 1. The molecule has 31 heavy (non-hydrogen) atoms. The number of nitrogens with zero attached hydrogens (tertiary/aromatic N) is 5. The third-order valence-electron chi connectivity index (χ3n) is 5.75. The highest BCUT2D eigenvalue weighted by molar-refractivity contribution is 5.95. The molecule has 0 bridgehead atoms. The molecule has 1 aliphatic heterocycles. The van der Waals surface area contributed by atoms with E-state index in [0.29, 0.717) is 11.2 Å². The molecule has 0 radical (unpaired) electrons. The van der Waals surface area contributed by atoms with E-state index >= 15 is 0 Å². The van der Waals surface area contributed by atoms with Crippen molar-refractivity contribution in [1.82, 2.24) is 24.6 Å². The van der Waals surface area contributed by atoms with Gasteiger partial charge >= 0.3 is 0 Å². The third kappa shape index (κ3) is 3.89. The molecule has 2 N–H and O–H groups in total. The molecule has 4 aromatic rings. The van der Waals surface area contributed by atoms with Crippen molar-refractivity contribution in [2.24, 2.45) is 7.05 Å². The van der Waals surface area contributed by atoms with Gasteiger partial charge in [0, 0.05) is 62.6 Å². The van der Waals surface area contributed by atoms with Crippen molar-refractivity contribution in [2.45, 2.75) is 0 Å². The first-order chi connectivity index (χ1) is 15.1. The van der Waals surface area contributed by atoms with Crippen LogP contribution in [-0.4, -0.2) is 57.9 Å². The van der Waals surface area contributed by atoms with Gasteiger partial charge in [0.2, 0.25) is 0 Å². The molecule has 4 heterocycles. The predicted molar refractivity (Wildman–Crippen MR) is 124 cm³/mol. The number of anilines is 3. The first kappa shape index (κ1) is 19.3. The summed E-state index contributed by atoms with van der Waals surface area (Å²) in [6.07, 6.45) is 5.35. The number of aryl methyl sites for hydroxylation is 1. The standard InChI is InChI=1S/C23H25N7O/c1-28-9-11-30(12-10-28)19-5-3-18(4-6-19)26-22-21-16(7-8-24-23(21)31)13-20(27-22)17-14-25-29(2)15-17/h3-8,13-15H,9-12H2,1-2H3,(H,24,31)(H,26,27). The lowest BCUT2D eigenvalue weighted by Gasteiger charge is -2.34. The lowest BCUT2D eigenvalue weighted by molar-refractivity contribution is 0.313. The van der Waals surface area contributed by atoms with Gasteiger partial charge in [-0.25, -0.2) is 4.98 Å². The maximum Gasteiger partial charge on any atom is 0.259 e. The summed E-state index contributed by atoms with van der Waals surface area (Å²) in [4.78, 5) is 24.8. The third-order valence-corrected chi connectivity index (χ3v) is 5.75. The van der Waals surface area contributed by atoms with Crippen LogP contribution in [0.2, 0.25) is 0 Å². The summed E-state index contributed by atoms with van der Waals surface area (Å²) >= 11 is 0. The monoisotopic (exact) mass is 415 g/mol. The second-order valence-electron chi connectivity index (χ2n) is 7.99. The normalized spacial score (nSPS) is 14.8. The summed E-state index contributed by atoms with van der Waals surface area (Å²) in [5.74, 6) is 0.533. The molecular formula is C23H25N7O. The molecule has 8 nitrogen and oxygen atoms in total. The number of hydrogen-bond acceptors (Lipinski definition) is 6. The number of benzene rings is 1. The van der Waals surface area contributed by atoms with Crippen LogP contribution in [0, 0.1) is 0 Å². The Balaban J connectivity index is 1.48. The molecule has 158 valence electrons. The Bertz CT molecular complexity index is 1270. The quantitative estimate of drug-likeness (QED) is 0.533. The van der Waals surface area contributed by atoms with Crippen LogP contribution in [0.25, 0.3) is 22.0 Å². The fourth-order valence-electron chi connectivity index (χ4n) is 3.96. The molecule has 0 saturated carbocycles. The molecule has 0 amide bonds. The van der Waals surface area contributed by atoms with Gasteiger partial charge in [-0.3, -0.25) is 9.48 Å². The Morgan fingerprint density at radius 2 is 1.81 bits per heavy atom. The van der Waals surface area contributed by atoms with Crippen LogP contribution in [0.3, 0.4) is 0 Å². The number of nitrogens with one attached hydrogen (secondary N) is 2. The van der Waals surface area contributed by atoms with Gasteiger partial charge in [0.1, 0.15) is 5.82 Å². The van der Waals surface area contributed by atoms with E-state index in [1.54, 1.807) is 17.1 Å². The first-order valence-corrected chi connectivity index (χ1v) is 10.4. The van der Waals surface area contributed by atoms with E-state index in [2.05, 4.69) is 44.4 Å². The molecule has 5 rings (SSSR count). The minimum absolute atomic E-state index is 0.167. The Kier molecular flexibility index (Phi) is 4.91. The van der Waals surface area contributed by atoms with Crippen LogP contribution in [0.15, 0.2) is 59.8 Å². The molecule has 0 spiro atoms. The minimum Gasteiger partial charge on any atom is -0.369 e. The Labute approximate surface area is 180 Å². The van der Waals surface area contributed by atoms with E-state index in [1.807, 2.05) is 37.5 Å². The fourth-order valence-corrected chi connectivity index (χ4v) is 3.96. The molecular weight excluding hydrogens is 390 g/mol. The van der Waals surface area contributed by atoms with Crippen LogP contribution in [0.4, 0.5) is 17.2 Å². The van der Waals surface area contributed by atoms with Gasteiger partial charge in [0.05, 0.1) is 17.3 Å². The number of hydrogen-bond donors (Lipinski definition) is 2. The summed E-state index contributed by atoms with van der Waals surface area (Å²) in [5.41, 5.74) is 3.59. The lowest BCUT2D eigenvalue weighted by atomic mass is 10.1. The van der Waals surface area contributed by atoms with Gasteiger partial charge in [0.15, 0.2) is 0 Å². The molecule has 8 heteroatoms. The van der Waals surface area contributed by atoms with Gasteiger partial charge in [0.25, 0.3) is 5.56 Å². The second-order valence-corrected chi connectivity index (χ2v) is 7.99. The Hall–Kier alpha value is -3.65. The molecule has 3 aromatic heterocycles. The molecule has 0 atom stereocenters. The van der Waals surface area contributed by atoms with Gasteiger partial charge in [-0.2, -0.15) is 5.10 Å². The Morgan fingerprint density at radius 1 is 1.03 bits per heavy atom. The van der Waals surface area contributed by atoms with Crippen LogP contribution < -0.4 is 15.8 Å². The topological polar surface area (TPSA) is 82.1 Å². The highest BCUT2D eigenvalue weighted by Crippen LogP contribution is 2.28. The SMILES string of the molecule is CN1CCN(c2ccc(Nc3nc(-c4cnn(C)c4)cc4cc[nH]c(=O)c34)cc2)CC1.